The molecule has 0 saturated carbocycles. The lowest BCUT2D eigenvalue weighted by molar-refractivity contribution is 0.0696. The van der Waals surface area contributed by atoms with Crippen molar-refractivity contribution in [1.82, 2.24) is 9.55 Å². The quantitative estimate of drug-likeness (QED) is 0.775. The summed E-state index contributed by atoms with van der Waals surface area (Å²) in [7, 11) is 0. The lowest BCUT2D eigenvalue weighted by atomic mass is 9.89. The number of carboxylic acid groups (broad SMARTS) is 1. The van der Waals surface area contributed by atoms with Crippen LogP contribution in [0, 0.1) is 5.92 Å². The molecule has 3 aromatic rings. The average Bonchev–Trinajstić information content (AvgIpc) is 3.01. The molecule has 0 saturated heterocycles. The zero-order chi connectivity index (χ0) is 17.4. The molecule has 0 aliphatic heterocycles. The number of benzene rings is 1. The van der Waals surface area contributed by atoms with Crippen LogP contribution >= 0.6 is 0 Å². The van der Waals surface area contributed by atoms with Crippen LogP contribution in [0.2, 0.25) is 0 Å². The highest BCUT2D eigenvalue weighted by Crippen LogP contribution is 2.35. The molecular formula is C21H20N2O2. The molecule has 4 nitrogen and oxygen atoms in total. The Balaban J connectivity index is 1.94. The highest BCUT2D eigenvalue weighted by atomic mass is 16.4. The second-order valence-electron chi connectivity index (χ2n) is 6.79. The van der Waals surface area contributed by atoms with Crippen LogP contribution in [0.1, 0.15) is 35.0 Å². The van der Waals surface area contributed by atoms with E-state index in [2.05, 4.69) is 34.7 Å². The van der Waals surface area contributed by atoms with Gasteiger partial charge in [0.1, 0.15) is 0 Å². The molecule has 1 N–H and O–H groups in total. The van der Waals surface area contributed by atoms with Gasteiger partial charge in [0.05, 0.1) is 23.1 Å². The average molecular weight is 332 g/mol. The van der Waals surface area contributed by atoms with Crippen LogP contribution in [0.25, 0.3) is 16.9 Å². The number of rotatable bonds is 3. The van der Waals surface area contributed by atoms with Gasteiger partial charge >= 0.3 is 5.97 Å². The Bertz CT molecular complexity index is 928. The molecule has 1 unspecified atom stereocenters. The lowest BCUT2D eigenvalue weighted by Crippen LogP contribution is -2.13. The number of hydrogen-bond donors (Lipinski definition) is 1. The van der Waals surface area contributed by atoms with Gasteiger partial charge in [-0.05, 0) is 48.4 Å². The molecule has 2 heterocycles. The summed E-state index contributed by atoms with van der Waals surface area (Å²) in [5.41, 5.74) is 5.90. The zero-order valence-corrected chi connectivity index (χ0v) is 14.1. The van der Waals surface area contributed by atoms with Crippen molar-refractivity contribution in [2.75, 3.05) is 0 Å². The Morgan fingerprint density at radius 3 is 2.76 bits per heavy atom. The van der Waals surface area contributed by atoms with Gasteiger partial charge in [0.15, 0.2) is 0 Å². The van der Waals surface area contributed by atoms with E-state index in [1.54, 1.807) is 12.3 Å². The van der Waals surface area contributed by atoms with Crippen molar-refractivity contribution in [1.29, 1.82) is 0 Å². The maximum Gasteiger partial charge on any atom is 0.337 e. The van der Waals surface area contributed by atoms with Gasteiger partial charge in [-0.3, -0.25) is 4.98 Å². The molecule has 1 aliphatic carbocycles. The van der Waals surface area contributed by atoms with E-state index in [4.69, 9.17) is 0 Å². The summed E-state index contributed by atoms with van der Waals surface area (Å²) in [6.07, 6.45) is 6.36. The largest absolute Gasteiger partial charge is 0.478 e. The molecule has 0 amide bonds. The molecule has 126 valence electrons. The number of hydrogen-bond acceptors (Lipinski definition) is 2. The van der Waals surface area contributed by atoms with Gasteiger partial charge in [0.25, 0.3) is 0 Å². The van der Waals surface area contributed by atoms with E-state index in [9.17, 15) is 9.90 Å². The fourth-order valence-electron chi connectivity index (χ4n) is 3.69. The molecule has 25 heavy (non-hydrogen) atoms. The van der Waals surface area contributed by atoms with Gasteiger partial charge < -0.3 is 9.67 Å². The number of aromatic nitrogens is 2. The van der Waals surface area contributed by atoms with Gasteiger partial charge in [-0.2, -0.15) is 0 Å². The van der Waals surface area contributed by atoms with E-state index in [1.165, 1.54) is 17.5 Å². The highest BCUT2D eigenvalue weighted by Gasteiger charge is 2.23. The van der Waals surface area contributed by atoms with Gasteiger partial charge in [0.2, 0.25) is 0 Å². The van der Waals surface area contributed by atoms with Gasteiger partial charge in [-0.25, -0.2) is 4.79 Å². The molecule has 2 aromatic heterocycles. The van der Waals surface area contributed by atoms with Gasteiger partial charge in [-0.1, -0.05) is 37.3 Å². The lowest BCUT2D eigenvalue weighted by Gasteiger charge is -2.21. The van der Waals surface area contributed by atoms with Gasteiger partial charge in [-0.15, -0.1) is 0 Å². The van der Waals surface area contributed by atoms with Crippen LogP contribution in [-0.2, 0) is 12.8 Å². The summed E-state index contributed by atoms with van der Waals surface area (Å²) in [6.45, 7) is 2.29. The van der Waals surface area contributed by atoms with Crippen LogP contribution in [-0.4, -0.2) is 20.6 Å². The van der Waals surface area contributed by atoms with Crippen LogP contribution in [0.4, 0.5) is 0 Å². The molecule has 1 aromatic carbocycles. The molecule has 4 rings (SSSR count). The first-order chi connectivity index (χ1) is 12.1. The van der Waals surface area contributed by atoms with Crippen LogP contribution in [0.3, 0.4) is 0 Å². The highest BCUT2D eigenvalue weighted by molar-refractivity contribution is 5.88. The van der Waals surface area contributed by atoms with E-state index >= 15 is 0 Å². The summed E-state index contributed by atoms with van der Waals surface area (Å²) in [4.78, 5) is 15.5. The third-order valence-electron chi connectivity index (χ3n) is 4.93. The molecule has 0 radical (unpaired) electrons. The van der Waals surface area contributed by atoms with Crippen LogP contribution in [0.15, 0.2) is 54.9 Å². The fraction of sp³-hybridized carbons (Fsp3) is 0.238. The number of aromatic carboxylic acids is 1. The first-order valence-corrected chi connectivity index (χ1v) is 8.61. The molecule has 0 bridgehead atoms. The van der Waals surface area contributed by atoms with Crippen molar-refractivity contribution in [2.24, 2.45) is 5.92 Å². The van der Waals surface area contributed by atoms with Gasteiger partial charge in [0, 0.05) is 11.9 Å². The zero-order valence-electron chi connectivity index (χ0n) is 14.1. The van der Waals surface area contributed by atoms with Crippen molar-refractivity contribution >= 4 is 5.97 Å². The van der Waals surface area contributed by atoms with Crippen molar-refractivity contribution in [3.8, 4) is 16.9 Å². The minimum atomic E-state index is -0.953. The topological polar surface area (TPSA) is 55.1 Å². The summed E-state index contributed by atoms with van der Waals surface area (Å²) < 4.78 is 2.19. The summed E-state index contributed by atoms with van der Waals surface area (Å²) in [6, 6.07) is 14.2. The Hall–Kier alpha value is -2.88. The number of pyridine rings is 1. The third kappa shape index (κ3) is 2.84. The van der Waals surface area contributed by atoms with E-state index in [0.717, 1.165) is 36.2 Å². The maximum absolute atomic E-state index is 11.4. The summed E-state index contributed by atoms with van der Waals surface area (Å²) in [5.74, 6) is -0.277. The Morgan fingerprint density at radius 1 is 1.20 bits per heavy atom. The SMILES string of the molecule is CC1CCc2c(cc(-c3ccccc3)n2-c2cncc(C(=O)O)c2)C1. The summed E-state index contributed by atoms with van der Waals surface area (Å²) >= 11 is 0. The van der Waals surface area contributed by atoms with Crippen molar-refractivity contribution in [3.05, 3.63) is 71.7 Å². The Kier molecular flexibility index (Phi) is 3.88. The Morgan fingerprint density at radius 2 is 2.00 bits per heavy atom. The summed E-state index contributed by atoms with van der Waals surface area (Å²) in [5, 5.41) is 9.32. The maximum atomic E-state index is 11.4. The number of carbonyl (C=O) groups is 1. The first kappa shape index (κ1) is 15.6. The van der Waals surface area contributed by atoms with E-state index in [-0.39, 0.29) is 5.56 Å². The van der Waals surface area contributed by atoms with E-state index in [0.29, 0.717) is 5.92 Å². The predicted octanol–water partition coefficient (Wildman–Crippen LogP) is 4.36. The fourth-order valence-corrected chi connectivity index (χ4v) is 3.69. The number of fused-ring (bicyclic) bond motifs is 1. The molecule has 0 fully saturated rings. The van der Waals surface area contributed by atoms with Crippen molar-refractivity contribution in [3.63, 3.8) is 0 Å². The molecule has 4 heteroatoms. The standard InChI is InChI=1S/C21H20N2O2/c1-14-7-8-19-16(9-14)11-20(15-5-3-2-4-6-15)23(19)18-10-17(21(24)25)12-22-13-18/h2-6,10-14H,7-9H2,1H3,(H,24,25). The minimum absolute atomic E-state index is 0.211. The second-order valence-corrected chi connectivity index (χ2v) is 6.79. The Labute approximate surface area is 146 Å². The van der Waals surface area contributed by atoms with Crippen molar-refractivity contribution in [2.45, 2.75) is 26.2 Å². The van der Waals surface area contributed by atoms with E-state index < -0.39 is 5.97 Å². The number of nitrogens with zero attached hydrogens (tertiary/aromatic N) is 2. The first-order valence-electron chi connectivity index (χ1n) is 8.61. The molecule has 0 spiro atoms. The predicted molar refractivity (Wildman–Crippen MR) is 97.1 cm³/mol. The molecule has 1 aliphatic rings. The normalized spacial score (nSPS) is 16.4. The number of carboxylic acids is 1. The molecule has 1 atom stereocenters. The molecular weight excluding hydrogens is 312 g/mol. The smallest absolute Gasteiger partial charge is 0.337 e. The second kappa shape index (κ2) is 6.20. The van der Waals surface area contributed by atoms with E-state index in [1.807, 2.05) is 18.2 Å². The monoisotopic (exact) mass is 332 g/mol. The van der Waals surface area contributed by atoms with Crippen LogP contribution in [0.5, 0.6) is 0 Å². The van der Waals surface area contributed by atoms with Crippen molar-refractivity contribution < 1.29 is 9.90 Å². The minimum Gasteiger partial charge on any atom is -0.478 e. The third-order valence-corrected chi connectivity index (χ3v) is 4.93. The van der Waals surface area contributed by atoms with Crippen LogP contribution < -0.4 is 0 Å².